The predicted octanol–water partition coefficient (Wildman–Crippen LogP) is 4.08. The Morgan fingerprint density at radius 3 is 2.66 bits per heavy atom. The number of aryl methyl sites for hydroxylation is 1. The Kier molecular flexibility index (Phi) is 8.01. The molecule has 0 aromatic carbocycles. The molecule has 1 aliphatic carbocycles. The maximum absolute atomic E-state index is 13.7. The summed E-state index contributed by atoms with van der Waals surface area (Å²) in [4.78, 5) is 37.1. The number of urea groups is 1. The van der Waals surface area contributed by atoms with Crippen molar-refractivity contribution in [1.29, 1.82) is 0 Å². The van der Waals surface area contributed by atoms with Gasteiger partial charge in [0.1, 0.15) is 18.1 Å². The van der Waals surface area contributed by atoms with E-state index in [0.29, 0.717) is 33.8 Å². The number of rotatable bonds is 8. The molecule has 200 valence electrons. The van der Waals surface area contributed by atoms with Gasteiger partial charge in [0, 0.05) is 48.0 Å². The summed E-state index contributed by atoms with van der Waals surface area (Å²) in [7, 11) is 1.25. The molecule has 4 rings (SSSR count). The summed E-state index contributed by atoms with van der Waals surface area (Å²) in [5.74, 6) is 0.537. The monoisotopic (exact) mass is 524 g/mol. The van der Waals surface area contributed by atoms with Crippen molar-refractivity contribution in [2.45, 2.75) is 38.4 Å². The van der Waals surface area contributed by atoms with Gasteiger partial charge in [-0.3, -0.25) is 10.3 Å². The third kappa shape index (κ3) is 6.71. The SMILES string of the molecule is COC(=O)Nc1cc(-c2cc(-c3cc(NC(=O)NC4CC(C)(F)C4)cnc3C)cc(OCCO)n2)ccn1. The Hall–Kier alpha value is -4.32. The van der Waals surface area contributed by atoms with Crippen LogP contribution in [0.25, 0.3) is 22.4 Å². The first-order valence-corrected chi connectivity index (χ1v) is 12.0. The van der Waals surface area contributed by atoms with Crippen LogP contribution in [-0.2, 0) is 4.74 Å². The molecule has 0 atom stereocenters. The number of hydrogen-bond donors (Lipinski definition) is 4. The number of methoxy groups -OCH3 is 1. The normalized spacial score (nSPS) is 18.2. The number of carbonyl (C=O) groups excluding carboxylic acids is 2. The summed E-state index contributed by atoms with van der Waals surface area (Å²) in [5.41, 5.74) is 2.47. The van der Waals surface area contributed by atoms with Gasteiger partial charge >= 0.3 is 12.1 Å². The number of amides is 3. The topological polar surface area (TPSA) is 148 Å². The van der Waals surface area contributed by atoms with Crippen molar-refractivity contribution in [3.05, 3.63) is 48.4 Å². The van der Waals surface area contributed by atoms with Crippen molar-refractivity contribution in [2.24, 2.45) is 0 Å². The van der Waals surface area contributed by atoms with Crippen molar-refractivity contribution >= 4 is 23.6 Å². The summed E-state index contributed by atoms with van der Waals surface area (Å²) in [6.07, 6.45) is 2.96. The molecule has 12 heteroatoms. The Morgan fingerprint density at radius 2 is 1.95 bits per heavy atom. The van der Waals surface area contributed by atoms with Gasteiger partial charge in [-0.1, -0.05) is 0 Å². The first kappa shape index (κ1) is 26.7. The van der Waals surface area contributed by atoms with Crippen molar-refractivity contribution in [3.63, 3.8) is 0 Å². The molecule has 0 aliphatic heterocycles. The van der Waals surface area contributed by atoms with Gasteiger partial charge in [-0.2, -0.15) is 0 Å². The lowest BCUT2D eigenvalue weighted by molar-refractivity contribution is 0.0534. The molecule has 4 N–H and O–H groups in total. The second-order valence-electron chi connectivity index (χ2n) is 9.17. The standard InChI is InChI=1S/C26H29FN6O5/c1-15-20(11-18(14-29-15)30-24(35)31-19-12-26(2,27)13-19)17-8-21(32-23(10-17)38-7-6-34)16-4-5-28-22(9-16)33-25(36)37-3/h4-5,8-11,14,19,34H,6-7,12-13H2,1-3H3,(H,28,33,36)(H2,30,31,35). The third-order valence-corrected chi connectivity index (χ3v) is 5.95. The van der Waals surface area contributed by atoms with Gasteiger partial charge in [-0.25, -0.2) is 23.9 Å². The van der Waals surface area contributed by atoms with E-state index < -0.39 is 17.8 Å². The molecule has 38 heavy (non-hydrogen) atoms. The number of carbonyl (C=O) groups is 2. The van der Waals surface area contributed by atoms with Crippen molar-refractivity contribution in [1.82, 2.24) is 20.3 Å². The second-order valence-corrected chi connectivity index (χ2v) is 9.17. The van der Waals surface area contributed by atoms with Crippen molar-refractivity contribution in [2.75, 3.05) is 31.0 Å². The lowest BCUT2D eigenvalue weighted by Crippen LogP contribution is -2.52. The molecule has 3 aromatic heterocycles. The Labute approximate surface area is 218 Å². The number of halogens is 1. The molecule has 3 aromatic rings. The quantitative estimate of drug-likeness (QED) is 0.345. The van der Waals surface area contributed by atoms with E-state index in [1.165, 1.54) is 26.4 Å². The fourth-order valence-electron chi connectivity index (χ4n) is 4.16. The van der Waals surface area contributed by atoms with E-state index in [1.54, 1.807) is 24.3 Å². The van der Waals surface area contributed by atoms with E-state index >= 15 is 0 Å². The van der Waals surface area contributed by atoms with E-state index in [2.05, 4.69) is 35.6 Å². The molecule has 1 aliphatic rings. The van der Waals surface area contributed by atoms with E-state index in [-0.39, 0.29) is 43.8 Å². The number of nitrogens with one attached hydrogen (secondary N) is 3. The van der Waals surface area contributed by atoms with Crippen LogP contribution < -0.4 is 20.7 Å². The van der Waals surface area contributed by atoms with Crippen molar-refractivity contribution in [3.8, 4) is 28.3 Å². The molecule has 0 bridgehead atoms. The molecule has 3 heterocycles. The van der Waals surface area contributed by atoms with Crippen LogP contribution in [0.1, 0.15) is 25.5 Å². The minimum Gasteiger partial charge on any atom is -0.475 e. The van der Waals surface area contributed by atoms with Gasteiger partial charge in [0.15, 0.2) is 0 Å². The summed E-state index contributed by atoms with van der Waals surface area (Å²) in [5, 5.41) is 17.3. The smallest absolute Gasteiger partial charge is 0.412 e. The summed E-state index contributed by atoms with van der Waals surface area (Å²) >= 11 is 0. The zero-order valence-electron chi connectivity index (χ0n) is 21.2. The predicted molar refractivity (Wildman–Crippen MR) is 139 cm³/mol. The average molecular weight is 525 g/mol. The van der Waals surface area contributed by atoms with Crippen molar-refractivity contribution < 1.29 is 28.6 Å². The Balaban J connectivity index is 1.63. The molecule has 0 saturated heterocycles. The summed E-state index contributed by atoms with van der Waals surface area (Å²) in [6, 6.07) is 8.00. The highest BCUT2D eigenvalue weighted by Crippen LogP contribution is 2.35. The number of alkyl halides is 1. The van der Waals surface area contributed by atoms with Gasteiger partial charge in [0.05, 0.1) is 31.3 Å². The lowest BCUT2D eigenvalue weighted by atomic mass is 9.79. The molecule has 0 radical (unpaired) electrons. The van der Waals surface area contributed by atoms with E-state index in [1.807, 2.05) is 13.0 Å². The van der Waals surface area contributed by atoms with E-state index in [9.17, 15) is 19.1 Å². The van der Waals surface area contributed by atoms with Crippen LogP contribution >= 0.6 is 0 Å². The molecule has 0 unspecified atom stereocenters. The fourth-order valence-corrected chi connectivity index (χ4v) is 4.16. The average Bonchev–Trinajstić information content (AvgIpc) is 2.87. The Bertz CT molecular complexity index is 1330. The van der Waals surface area contributed by atoms with Gasteiger partial charge in [0.2, 0.25) is 5.88 Å². The highest BCUT2D eigenvalue weighted by molar-refractivity contribution is 5.90. The van der Waals surface area contributed by atoms with E-state index in [4.69, 9.17) is 4.74 Å². The minimum atomic E-state index is -1.24. The number of hydrogen-bond acceptors (Lipinski definition) is 8. The maximum Gasteiger partial charge on any atom is 0.412 e. The summed E-state index contributed by atoms with van der Waals surface area (Å²) < 4.78 is 24.0. The van der Waals surface area contributed by atoms with Gasteiger partial charge in [-0.15, -0.1) is 0 Å². The third-order valence-electron chi connectivity index (χ3n) is 5.95. The highest BCUT2D eigenvalue weighted by atomic mass is 19.1. The number of aromatic nitrogens is 3. The molecule has 3 amide bonds. The van der Waals surface area contributed by atoms with Gasteiger partial charge < -0.3 is 25.2 Å². The first-order chi connectivity index (χ1) is 18.2. The molecule has 0 spiro atoms. The Morgan fingerprint density at radius 1 is 1.16 bits per heavy atom. The largest absolute Gasteiger partial charge is 0.475 e. The molecular weight excluding hydrogens is 495 g/mol. The minimum absolute atomic E-state index is 0.0411. The second kappa shape index (κ2) is 11.4. The van der Waals surface area contributed by atoms with Crippen LogP contribution in [0.4, 0.5) is 25.5 Å². The highest BCUT2D eigenvalue weighted by Gasteiger charge is 2.41. The number of nitrogens with zero attached hydrogens (tertiary/aromatic N) is 3. The molecule has 1 saturated carbocycles. The van der Waals surface area contributed by atoms with Gasteiger partial charge in [0.25, 0.3) is 0 Å². The first-order valence-electron chi connectivity index (χ1n) is 12.0. The van der Waals surface area contributed by atoms with E-state index in [0.717, 1.165) is 0 Å². The van der Waals surface area contributed by atoms with Crippen LogP contribution in [-0.4, -0.2) is 64.2 Å². The number of ether oxygens (including phenoxy) is 2. The number of pyridine rings is 3. The lowest BCUT2D eigenvalue weighted by Gasteiger charge is -2.38. The maximum atomic E-state index is 13.7. The molecular formula is C26H29FN6O5. The van der Waals surface area contributed by atoms with Crippen LogP contribution in [0.5, 0.6) is 5.88 Å². The fraction of sp³-hybridized carbons (Fsp3) is 0.346. The molecule has 11 nitrogen and oxygen atoms in total. The van der Waals surface area contributed by atoms with Crippen LogP contribution in [0.15, 0.2) is 42.7 Å². The van der Waals surface area contributed by atoms with Gasteiger partial charge in [-0.05, 0) is 43.7 Å². The number of aliphatic hydroxyl groups excluding tert-OH is 1. The van der Waals surface area contributed by atoms with Crippen LogP contribution in [0.2, 0.25) is 0 Å². The van der Waals surface area contributed by atoms with Crippen LogP contribution in [0, 0.1) is 6.92 Å². The van der Waals surface area contributed by atoms with Crippen LogP contribution in [0.3, 0.4) is 0 Å². The number of aliphatic hydroxyl groups is 1. The summed E-state index contributed by atoms with van der Waals surface area (Å²) in [6.45, 7) is 3.19. The number of anilines is 2. The zero-order chi connectivity index (χ0) is 27.3. The zero-order valence-corrected chi connectivity index (χ0v) is 21.2. The molecule has 1 fully saturated rings.